The first-order valence-electron chi connectivity index (χ1n) is 13.9. The van der Waals surface area contributed by atoms with Gasteiger partial charge in [-0.3, -0.25) is 0 Å². The van der Waals surface area contributed by atoms with E-state index >= 15 is 0 Å². The van der Waals surface area contributed by atoms with Gasteiger partial charge < -0.3 is 15.0 Å². The molecule has 0 bridgehead atoms. The average molecular weight is 519 g/mol. The molecule has 3 heterocycles. The van der Waals surface area contributed by atoms with E-state index < -0.39 is 0 Å². The highest BCUT2D eigenvalue weighted by molar-refractivity contribution is 5.81. The number of halogens is 2. The van der Waals surface area contributed by atoms with Gasteiger partial charge in [0.05, 0.1) is 5.69 Å². The van der Waals surface area contributed by atoms with Crippen LogP contribution < -0.4 is 5.32 Å². The Morgan fingerprint density at radius 3 is 2.16 bits per heavy atom. The topological polar surface area (TPSA) is 50.3 Å². The SMILES string of the molecule is Cc1ccc(F)cc1-c1cc(-c2cc(F)ccc2C)c(N[C@@H]2C[C@@H]3CN(CC4CCOCC4)C[C@@H]3C2)nn1. The van der Waals surface area contributed by atoms with Gasteiger partial charge in [-0.1, -0.05) is 12.1 Å². The highest BCUT2D eigenvalue weighted by Crippen LogP contribution is 2.41. The summed E-state index contributed by atoms with van der Waals surface area (Å²) in [5.41, 5.74) is 4.72. The Morgan fingerprint density at radius 2 is 1.47 bits per heavy atom. The number of fused-ring (bicyclic) bond motifs is 1. The number of hydrogen-bond donors (Lipinski definition) is 1. The van der Waals surface area contributed by atoms with E-state index in [-0.39, 0.29) is 11.6 Å². The molecule has 2 saturated heterocycles. The minimum atomic E-state index is -0.318. The van der Waals surface area contributed by atoms with Crippen molar-refractivity contribution >= 4 is 5.82 Å². The second kappa shape index (κ2) is 10.7. The predicted octanol–water partition coefficient (Wildman–Crippen LogP) is 6.25. The Morgan fingerprint density at radius 1 is 0.842 bits per heavy atom. The Labute approximate surface area is 223 Å². The number of aryl methyl sites for hydroxylation is 2. The van der Waals surface area contributed by atoms with E-state index in [4.69, 9.17) is 4.74 Å². The summed E-state index contributed by atoms with van der Waals surface area (Å²) in [7, 11) is 0. The molecule has 6 rings (SSSR count). The number of ether oxygens (including phenoxy) is 1. The van der Waals surface area contributed by atoms with Gasteiger partial charge in [0.15, 0.2) is 5.82 Å². The molecule has 3 aromatic rings. The highest BCUT2D eigenvalue weighted by Gasteiger charge is 2.41. The third kappa shape index (κ3) is 5.32. The molecule has 3 fully saturated rings. The van der Waals surface area contributed by atoms with Crippen molar-refractivity contribution in [1.29, 1.82) is 0 Å². The summed E-state index contributed by atoms with van der Waals surface area (Å²) < 4.78 is 34.0. The average Bonchev–Trinajstić information content (AvgIpc) is 3.46. The van der Waals surface area contributed by atoms with Crippen LogP contribution in [0.2, 0.25) is 0 Å². The molecule has 7 heteroatoms. The van der Waals surface area contributed by atoms with Crippen LogP contribution >= 0.6 is 0 Å². The second-order valence-corrected chi connectivity index (χ2v) is 11.5. The zero-order chi connectivity index (χ0) is 26.2. The summed E-state index contributed by atoms with van der Waals surface area (Å²) in [4.78, 5) is 2.67. The van der Waals surface area contributed by atoms with Gasteiger partial charge in [-0.25, -0.2) is 8.78 Å². The minimum absolute atomic E-state index is 0.295. The quantitative estimate of drug-likeness (QED) is 0.418. The molecule has 1 saturated carbocycles. The molecule has 3 atom stereocenters. The Kier molecular flexibility index (Phi) is 7.14. The number of anilines is 1. The van der Waals surface area contributed by atoms with Gasteiger partial charge in [-0.05, 0) is 104 Å². The van der Waals surface area contributed by atoms with Gasteiger partial charge in [-0.2, -0.15) is 0 Å². The first-order valence-corrected chi connectivity index (χ1v) is 13.9. The van der Waals surface area contributed by atoms with Crippen molar-refractivity contribution in [2.45, 2.75) is 45.6 Å². The third-order valence-corrected chi connectivity index (χ3v) is 8.78. The van der Waals surface area contributed by atoms with Crippen LogP contribution in [-0.4, -0.2) is 54.0 Å². The number of nitrogens with zero attached hydrogens (tertiary/aromatic N) is 3. The van der Waals surface area contributed by atoms with Gasteiger partial charge in [0.25, 0.3) is 0 Å². The fourth-order valence-electron chi connectivity index (χ4n) is 6.74. The lowest BCUT2D eigenvalue weighted by Crippen LogP contribution is -2.32. The summed E-state index contributed by atoms with van der Waals surface area (Å²) in [5.74, 6) is 2.20. The largest absolute Gasteiger partial charge is 0.381 e. The van der Waals surface area contributed by atoms with Crippen LogP contribution in [0.5, 0.6) is 0 Å². The molecule has 38 heavy (non-hydrogen) atoms. The van der Waals surface area contributed by atoms with Crippen molar-refractivity contribution in [3.05, 3.63) is 65.2 Å². The fraction of sp³-hybridized carbons (Fsp3) is 0.484. The molecule has 0 unspecified atom stereocenters. The normalized spacial score (nSPS) is 24.1. The third-order valence-electron chi connectivity index (χ3n) is 8.78. The number of nitrogens with one attached hydrogen (secondary N) is 1. The molecule has 0 spiro atoms. The summed E-state index contributed by atoms with van der Waals surface area (Å²) in [6, 6.07) is 11.7. The van der Waals surface area contributed by atoms with E-state index in [0.29, 0.717) is 35.0 Å². The molecular formula is C31H36F2N4O. The highest BCUT2D eigenvalue weighted by atomic mass is 19.1. The van der Waals surface area contributed by atoms with E-state index in [1.54, 1.807) is 18.2 Å². The number of benzene rings is 2. The summed E-state index contributed by atoms with van der Waals surface area (Å²) in [6.45, 7) is 9.24. The van der Waals surface area contributed by atoms with Crippen LogP contribution in [0.3, 0.4) is 0 Å². The van der Waals surface area contributed by atoms with Crippen LogP contribution in [0.4, 0.5) is 14.6 Å². The van der Waals surface area contributed by atoms with E-state index in [9.17, 15) is 8.78 Å². The molecule has 1 N–H and O–H groups in total. The Hall–Kier alpha value is -2.90. The molecule has 5 nitrogen and oxygen atoms in total. The van der Waals surface area contributed by atoms with Gasteiger partial charge in [0, 0.05) is 50.0 Å². The lowest BCUT2D eigenvalue weighted by molar-refractivity contribution is 0.0545. The van der Waals surface area contributed by atoms with Crippen LogP contribution in [-0.2, 0) is 4.74 Å². The van der Waals surface area contributed by atoms with Crippen LogP contribution in [0.25, 0.3) is 22.4 Å². The molecule has 0 amide bonds. The Balaban J connectivity index is 1.22. The van der Waals surface area contributed by atoms with E-state index in [2.05, 4.69) is 20.4 Å². The van der Waals surface area contributed by atoms with Crippen molar-refractivity contribution in [2.75, 3.05) is 38.2 Å². The van der Waals surface area contributed by atoms with Crippen molar-refractivity contribution in [2.24, 2.45) is 17.8 Å². The monoisotopic (exact) mass is 518 g/mol. The lowest BCUT2D eigenvalue weighted by atomic mass is 9.98. The maximum absolute atomic E-state index is 14.4. The van der Waals surface area contributed by atoms with Crippen LogP contribution in [0.15, 0.2) is 42.5 Å². The summed E-state index contributed by atoms with van der Waals surface area (Å²) in [5, 5.41) is 12.8. The fourth-order valence-corrected chi connectivity index (χ4v) is 6.74. The van der Waals surface area contributed by atoms with E-state index in [0.717, 1.165) is 54.2 Å². The first-order chi connectivity index (χ1) is 18.4. The van der Waals surface area contributed by atoms with Crippen molar-refractivity contribution in [3.8, 4) is 22.4 Å². The number of aromatic nitrogens is 2. The smallest absolute Gasteiger partial charge is 0.156 e. The molecule has 0 radical (unpaired) electrons. The maximum Gasteiger partial charge on any atom is 0.156 e. The van der Waals surface area contributed by atoms with E-state index in [1.165, 1.54) is 50.7 Å². The van der Waals surface area contributed by atoms with E-state index in [1.807, 2.05) is 19.9 Å². The number of likely N-dealkylation sites (tertiary alicyclic amines) is 1. The molecule has 200 valence electrons. The van der Waals surface area contributed by atoms with Crippen molar-refractivity contribution in [3.63, 3.8) is 0 Å². The van der Waals surface area contributed by atoms with Gasteiger partial charge in [0.1, 0.15) is 11.6 Å². The lowest BCUT2D eigenvalue weighted by Gasteiger charge is -2.28. The van der Waals surface area contributed by atoms with Crippen molar-refractivity contribution < 1.29 is 13.5 Å². The molecule has 1 aromatic heterocycles. The number of rotatable bonds is 6. The predicted molar refractivity (Wildman–Crippen MR) is 146 cm³/mol. The van der Waals surface area contributed by atoms with Crippen LogP contribution in [0, 0.1) is 43.2 Å². The van der Waals surface area contributed by atoms with Gasteiger partial charge in [0.2, 0.25) is 0 Å². The zero-order valence-corrected chi connectivity index (χ0v) is 22.2. The second-order valence-electron chi connectivity index (χ2n) is 11.5. The summed E-state index contributed by atoms with van der Waals surface area (Å²) >= 11 is 0. The summed E-state index contributed by atoms with van der Waals surface area (Å²) in [6.07, 6.45) is 4.57. The number of hydrogen-bond acceptors (Lipinski definition) is 5. The minimum Gasteiger partial charge on any atom is -0.381 e. The van der Waals surface area contributed by atoms with Gasteiger partial charge in [-0.15, -0.1) is 10.2 Å². The molecule has 1 aliphatic carbocycles. The van der Waals surface area contributed by atoms with Gasteiger partial charge >= 0.3 is 0 Å². The first kappa shape index (κ1) is 25.4. The molecule has 2 aromatic carbocycles. The maximum atomic E-state index is 14.4. The zero-order valence-electron chi connectivity index (χ0n) is 22.2. The van der Waals surface area contributed by atoms with Crippen LogP contribution in [0.1, 0.15) is 36.8 Å². The molecule has 3 aliphatic rings. The molecular weight excluding hydrogens is 482 g/mol. The standard InChI is InChI=1S/C31H36F2N4O/c1-19-3-5-24(32)13-27(19)29-15-30(28-14-25(33)6-4-20(28)2)35-36-31(29)34-26-11-22-17-37(18-23(22)12-26)16-21-7-9-38-10-8-21/h3-6,13-15,21-23,26H,7-12,16-18H2,1-2H3,(H,34,36)/t22-,23+,26-. The Bertz CT molecular complexity index is 1300. The molecule has 2 aliphatic heterocycles. The van der Waals surface area contributed by atoms with Crippen molar-refractivity contribution in [1.82, 2.24) is 15.1 Å².